The summed E-state index contributed by atoms with van der Waals surface area (Å²) in [5, 5.41) is 0.704. The van der Waals surface area contributed by atoms with Gasteiger partial charge in [-0.05, 0) is 55.4 Å². The molecule has 162 valence electrons. The minimum atomic E-state index is -0.284. The normalized spacial score (nSPS) is 16.5. The SMILES string of the molecule is O=C(Cn1cnc2sc3c(c2c1=O)CCC3)N(Cc1ccc(F)cc1)C1CCCCC1. The zero-order valence-corrected chi connectivity index (χ0v) is 18.3. The van der Waals surface area contributed by atoms with E-state index in [0.717, 1.165) is 60.9 Å². The van der Waals surface area contributed by atoms with Gasteiger partial charge >= 0.3 is 0 Å². The fourth-order valence-corrected chi connectivity index (χ4v) is 6.19. The van der Waals surface area contributed by atoms with Crippen molar-refractivity contribution in [2.45, 2.75) is 70.5 Å². The molecule has 0 unspecified atom stereocenters. The van der Waals surface area contributed by atoms with Crippen LogP contribution in [0.25, 0.3) is 10.2 Å². The first-order chi connectivity index (χ1) is 15.1. The number of nitrogens with zero attached hydrogens (tertiary/aromatic N) is 3. The van der Waals surface area contributed by atoms with Gasteiger partial charge in [-0.2, -0.15) is 0 Å². The van der Waals surface area contributed by atoms with Crippen LogP contribution in [0.5, 0.6) is 0 Å². The molecule has 1 amide bonds. The van der Waals surface area contributed by atoms with Gasteiger partial charge in [-0.15, -0.1) is 11.3 Å². The molecule has 2 aliphatic carbocycles. The van der Waals surface area contributed by atoms with Crippen LogP contribution in [0.1, 0.15) is 54.5 Å². The van der Waals surface area contributed by atoms with Gasteiger partial charge in [0, 0.05) is 17.5 Å². The molecular weight excluding hydrogens is 413 g/mol. The lowest BCUT2D eigenvalue weighted by molar-refractivity contribution is -0.135. The maximum Gasteiger partial charge on any atom is 0.262 e. The molecule has 0 N–H and O–H groups in total. The molecule has 0 spiro atoms. The van der Waals surface area contributed by atoms with E-state index in [4.69, 9.17) is 0 Å². The molecule has 7 heteroatoms. The molecule has 2 heterocycles. The Kier molecular flexibility index (Phi) is 5.61. The molecule has 5 rings (SSSR count). The third-order valence-electron chi connectivity index (χ3n) is 6.60. The van der Waals surface area contributed by atoms with Crippen LogP contribution in [0.2, 0.25) is 0 Å². The van der Waals surface area contributed by atoms with Gasteiger partial charge < -0.3 is 4.90 Å². The summed E-state index contributed by atoms with van der Waals surface area (Å²) in [4.78, 5) is 35.0. The van der Waals surface area contributed by atoms with Crippen molar-refractivity contribution in [1.82, 2.24) is 14.5 Å². The molecule has 0 bridgehead atoms. The maximum atomic E-state index is 13.4. The first-order valence-electron chi connectivity index (χ1n) is 11.1. The lowest BCUT2D eigenvalue weighted by atomic mass is 9.93. The van der Waals surface area contributed by atoms with Crippen LogP contribution in [-0.2, 0) is 30.7 Å². The monoisotopic (exact) mass is 439 g/mol. The Bertz CT molecular complexity index is 1160. The maximum absolute atomic E-state index is 13.4. The zero-order valence-electron chi connectivity index (χ0n) is 17.5. The third-order valence-corrected chi connectivity index (χ3v) is 7.80. The molecule has 2 aliphatic rings. The van der Waals surface area contributed by atoms with E-state index in [9.17, 15) is 14.0 Å². The fraction of sp³-hybridized carbons (Fsp3) is 0.458. The van der Waals surface area contributed by atoms with E-state index in [1.165, 1.54) is 34.3 Å². The number of amides is 1. The second-order valence-corrected chi connectivity index (χ2v) is 9.74. The fourth-order valence-electron chi connectivity index (χ4n) is 4.97. The molecule has 5 nitrogen and oxygen atoms in total. The molecule has 1 aromatic carbocycles. The van der Waals surface area contributed by atoms with E-state index in [1.807, 2.05) is 4.90 Å². The van der Waals surface area contributed by atoms with Crippen LogP contribution < -0.4 is 5.56 Å². The minimum absolute atomic E-state index is 0.00983. The Balaban J connectivity index is 1.43. The summed E-state index contributed by atoms with van der Waals surface area (Å²) in [6.45, 7) is 0.423. The first kappa shape index (κ1) is 20.4. The van der Waals surface area contributed by atoms with Crippen LogP contribution in [0.3, 0.4) is 0 Å². The van der Waals surface area contributed by atoms with Gasteiger partial charge in [0.25, 0.3) is 5.56 Å². The molecule has 3 aromatic rings. The van der Waals surface area contributed by atoms with Crippen molar-refractivity contribution in [2.75, 3.05) is 0 Å². The van der Waals surface area contributed by atoms with Crippen LogP contribution in [0.4, 0.5) is 4.39 Å². The smallest absolute Gasteiger partial charge is 0.262 e. The van der Waals surface area contributed by atoms with Gasteiger partial charge in [-0.1, -0.05) is 31.4 Å². The number of carbonyl (C=O) groups excluding carboxylic acids is 1. The average Bonchev–Trinajstić information content (AvgIpc) is 3.37. The van der Waals surface area contributed by atoms with E-state index in [1.54, 1.807) is 23.5 Å². The molecule has 31 heavy (non-hydrogen) atoms. The van der Waals surface area contributed by atoms with Crippen molar-refractivity contribution >= 4 is 27.5 Å². The van der Waals surface area contributed by atoms with Crippen molar-refractivity contribution in [1.29, 1.82) is 0 Å². The van der Waals surface area contributed by atoms with Crippen molar-refractivity contribution in [3.8, 4) is 0 Å². The number of aryl methyl sites for hydroxylation is 2. The Labute approximate surface area is 184 Å². The highest BCUT2D eigenvalue weighted by molar-refractivity contribution is 7.18. The summed E-state index contributed by atoms with van der Waals surface area (Å²) >= 11 is 1.61. The molecule has 0 atom stereocenters. The van der Waals surface area contributed by atoms with Crippen molar-refractivity contribution < 1.29 is 9.18 Å². The van der Waals surface area contributed by atoms with Crippen molar-refractivity contribution in [2.24, 2.45) is 0 Å². The van der Waals surface area contributed by atoms with E-state index >= 15 is 0 Å². The Hall–Kier alpha value is -2.54. The van der Waals surface area contributed by atoms with E-state index in [0.29, 0.717) is 11.9 Å². The van der Waals surface area contributed by atoms with Gasteiger partial charge in [0.2, 0.25) is 5.91 Å². The topological polar surface area (TPSA) is 55.2 Å². The summed E-state index contributed by atoms with van der Waals surface area (Å²) < 4.78 is 14.8. The molecule has 2 aromatic heterocycles. The highest BCUT2D eigenvalue weighted by Gasteiger charge is 2.27. The van der Waals surface area contributed by atoms with Crippen molar-refractivity contribution in [3.05, 3.63) is 62.8 Å². The van der Waals surface area contributed by atoms with Gasteiger partial charge in [0.15, 0.2) is 0 Å². The summed E-state index contributed by atoms with van der Waals surface area (Å²) in [6, 6.07) is 6.47. The number of hydrogen-bond acceptors (Lipinski definition) is 4. The Morgan fingerprint density at radius 3 is 2.68 bits per heavy atom. The molecule has 0 saturated heterocycles. The molecule has 1 fully saturated rings. The predicted octanol–water partition coefficient (Wildman–Crippen LogP) is 4.45. The number of aromatic nitrogens is 2. The van der Waals surface area contributed by atoms with E-state index in [2.05, 4.69) is 4.98 Å². The van der Waals surface area contributed by atoms with E-state index < -0.39 is 0 Å². The van der Waals surface area contributed by atoms with Gasteiger partial charge in [0.1, 0.15) is 17.2 Å². The number of fused-ring (bicyclic) bond motifs is 3. The highest BCUT2D eigenvalue weighted by atomic mass is 32.1. The summed E-state index contributed by atoms with van der Waals surface area (Å²) in [6.07, 6.45) is 9.87. The molecule has 1 saturated carbocycles. The number of hydrogen-bond donors (Lipinski definition) is 0. The van der Waals surface area contributed by atoms with Crippen LogP contribution in [0.15, 0.2) is 35.4 Å². The lowest BCUT2D eigenvalue weighted by Gasteiger charge is -2.34. The average molecular weight is 440 g/mol. The third kappa shape index (κ3) is 4.03. The van der Waals surface area contributed by atoms with Crippen LogP contribution in [0, 0.1) is 5.82 Å². The number of thiophene rings is 1. The summed E-state index contributed by atoms with van der Waals surface area (Å²) in [5.41, 5.74) is 1.93. The Morgan fingerprint density at radius 2 is 1.90 bits per heavy atom. The van der Waals surface area contributed by atoms with Crippen molar-refractivity contribution in [3.63, 3.8) is 0 Å². The van der Waals surface area contributed by atoms with Gasteiger partial charge in [0.05, 0.1) is 11.7 Å². The second kappa shape index (κ2) is 8.54. The second-order valence-electron chi connectivity index (χ2n) is 8.66. The summed E-state index contributed by atoms with van der Waals surface area (Å²) in [5.74, 6) is -0.361. The zero-order chi connectivity index (χ0) is 21.4. The highest BCUT2D eigenvalue weighted by Crippen LogP contribution is 2.34. The minimum Gasteiger partial charge on any atom is -0.334 e. The summed E-state index contributed by atoms with van der Waals surface area (Å²) in [7, 11) is 0. The molecule has 0 radical (unpaired) electrons. The number of rotatable bonds is 5. The van der Waals surface area contributed by atoms with E-state index in [-0.39, 0.29) is 29.9 Å². The van der Waals surface area contributed by atoms with Crippen LogP contribution >= 0.6 is 11.3 Å². The predicted molar refractivity (Wildman–Crippen MR) is 120 cm³/mol. The first-order valence-corrected chi connectivity index (χ1v) is 12.0. The number of carbonyl (C=O) groups is 1. The number of halogens is 1. The lowest BCUT2D eigenvalue weighted by Crippen LogP contribution is -2.43. The number of benzene rings is 1. The van der Waals surface area contributed by atoms with Crippen LogP contribution in [-0.4, -0.2) is 26.4 Å². The standard InChI is InChI=1S/C24H26FN3O2S/c25-17-11-9-16(10-12-17)13-28(18-5-2-1-3-6-18)21(29)14-27-15-26-23-22(24(27)30)19-7-4-8-20(19)31-23/h9-12,15,18H,1-8,13-14H2. The van der Waals surface area contributed by atoms with Gasteiger partial charge in [-0.3, -0.25) is 14.2 Å². The van der Waals surface area contributed by atoms with Gasteiger partial charge in [-0.25, -0.2) is 9.37 Å². The Morgan fingerprint density at radius 1 is 1.13 bits per heavy atom. The molecule has 0 aliphatic heterocycles. The quantitative estimate of drug-likeness (QED) is 0.590. The molecular formula is C24H26FN3O2S. The largest absolute Gasteiger partial charge is 0.334 e.